The molecule has 2 aromatic rings. The maximum absolute atomic E-state index is 12.3. The molecule has 0 fully saturated rings. The lowest BCUT2D eigenvalue weighted by Gasteiger charge is -2.18. The number of aromatic nitrogens is 3. The third kappa shape index (κ3) is 4.39. The molecule has 0 saturated carbocycles. The Hall–Kier alpha value is -2.21. The van der Waals surface area contributed by atoms with Crippen molar-refractivity contribution in [1.82, 2.24) is 14.8 Å². The van der Waals surface area contributed by atoms with Crippen LogP contribution in [0.25, 0.3) is 5.82 Å². The zero-order valence-electron chi connectivity index (χ0n) is 13.1. The average molecular weight is 303 g/mol. The smallest absolute Gasteiger partial charge is 0.357 e. The molecule has 0 aliphatic rings. The third-order valence-electron chi connectivity index (χ3n) is 3.04. The van der Waals surface area contributed by atoms with Gasteiger partial charge in [-0.3, -0.25) is 0 Å². The van der Waals surface area contributed by atoms with Gasteiger partial charge in [0.25, 0.3) is 0 Å². The molecule has 118 valence electrons. The topological polar surface area (TPSA) is 66.2 Å². The summed E-state index contributed by atoms with van der Waals surface area (Å²) in [7, 11) is 1.59. The molecule has 0 aliphatic heterocycles. The van der Waals surface area contributed by atoms with Crippen molar-refractivity contribution < 1.29 is 14.3 Å². The highest BCUT2D eigenvalue weighted by molar-refractivity contribution is 5.87. The second-order valence-electron chi connectivity index (χ2n) is 5.44. The maximum Gasteiger partial charge on any atom is 0.357 e. The summed E-state index contributed by atoms with van der Waals surface area (Å²) in [5.74, 6) is 0.541. The standard InChI is InChI=1S/C16H21N3O3/c1-12(2)10-13(11-21-3)22-16(20)14-6-4-7-15(18-14)19-9-5-8-17-19/h4-9,12-13H,10-11H2,1-3H3/t13-/m0/s1. The summed E-state index contributed by atoms with van der Waals surface area (Å²) >= 11 is 0. The Morgan fingerprint density at radius 1 is 1.32 bits per heavy atom. The molecule has 0 spiro atoms. The number of methoxy groups -OCH3 is 1. The van der Waals surface area contributed by atoms with Crippen molar-refractivity contribution in [3.05, 3.63) is 42.4 Å². The van der Waals surface area contributed by atoms with E-state index in [9.17, 15) is 4.79 Å². The predicted octanol–water partition coefficient (Wildman–Crippen LogP) is 2.49. The molecule has 0 saturated heterocycles. The fraction of sp³-hybridized carbons (Fsp3) is 0.438. The first-order chi connectivity index (χ1) is 10.6. The zero-order chi connectivity index (χ0) is 15.9. The van der Waals surface area contributed by atoms with Gasteiger partial charge in [0, 0.05) is 19.5 Å². The fourth-order valence-corrected chi connectivity index (χ4v) is 2.14. The number of pyridine rings is 1. The quantitative estimate of drug-likeness (QED) is 0.735. The van der Waals surface area contributed by atoms with E-state index < -0.39 is 5.97 Å². The molecule has 6 heteroatoms. The van der Waals surface area contributed by atoms with Gasteiger partial charge in [-0.2, -0.15) is 5.10 Å². The molecule has 0 amide bonds. The molecule has 1 atom stereocenters. The fourth-order valence-electron chi connectivity index (χ4n) is 2.14. The molecule has 2 rings (SSSR count). The molecule has 2 heterocycles. The van der Waals surface area contributed by atoms with E-state index in [0.717, 1.165) is 6.42 Å². The van der Waals surface area contributed by atoms with E-state index in [1.54, 1.807) is 48.5 Å². The van der Waals surface area contributed by atoms with Crippen molar-refractivity contribution >= 4 is 5.97 Å². The number of rotatable bonds is 7. The summed E-state index contributed by atoms with van der Waals surface area (Å²) in [5, 5.41) is 4.10. The van der Waals surface area contributed by atoms with Gasteiger partial charge in [0.15, 0.2) is 11.5 Å². The zero-order valence-corrected chi connectivity index (χ0v) is 13.1. The molecule has 22 heavy (non-hydrogen) atoms. The number of carbonyl (C=O) groups excluding carboxylic acids is 1. The number of esters is 1. The van der Waals surface area contributed by atoms with Crippen LogP contribution in [0.2, 0.25) is 0 Å². The molecule has 0 unspecified atom stereocenters. The van der Waals surface area contributed by atoms with Gasteiger partial charge in [0.2, 0.25) is 0 Å². The van der Waals surface area contributed by atoms with Gasteiger partial charge < -0.3 is 9.47 Å². The largest absolute Gasteiger partial charge is 0.455 e. The van der Waals surface area contributed by atoms with Crippen LogP contribution in [0.4, 0.5) is 0 Å². The first kappa shape index (κ1) is 16.2. The number of carbonyl (C=O) groups is 1. The second-order valence-corrected chi connectivity index (χ2v) is 5.44. The van der Waals surface area contributed by atoms with Gasteiger partial charge in [-0.1, -0.05) is 19.9 Å². The maximum atomic E-state index is 12.3. The monoisotopic (exact) mass is 303 g/mol. The Bertz CT molecular complexity index is 596. The summed E-state index contributed by atoms with van der Waals surface area (Å²) in [6, 6.07) is 6.97. The van der Waals surface area contributed by atoms with Crippen molar-refractivity contribution in [2.45, 2.75) is 26.4 Å². The molecule has 0 bridgehead atoms. The van der Waals surface area contributed by atoms with Crippen molar-refractivity contribution in [2.75, 3.05) is 13.7 Å². The molecular weight excluding hydrogens is 282 g/mol. The lowest BCUT2D eigenvalue weighted by Crippen LogP contribution is -2.25. The van der Waals surface area contributed by atoms with Gasteiger partial charge in [0.1, 0.15) is 6.10 Å². The van der Waals surface area contributed by atoms with Crippen LogP contribution in [-0.2, 0) is 9.47 Å². The summed E-state index contributed by atoms with van der Waals surface area (Å²) in [4.78, 5) is 16.6. The highest BCUT2D eigenvalue weighted by Crippen LogP contribution is 2.12. The third-order valence-corrected chi connectivity index (χ3v) is 3.04. The minimum absolute atomic E-state index is 0.262. The first-order valence-electron chi connectivity index (χ1n) is 7.27. The normalized spacial score (nSPS) is 12.4. The molecule has 0 aliphatic carbocycles. The highest BCUT2D eigenvalue weighted by atomic mass is 16.6. The molecule has 2 aromatic heterocycles. The Morgan fingerprint density at radius 2 is 2.14 bits per heavy atom. The Kier molecular flexibility index (Phi) is 5.66. The second kappa shape index (κ2) is 7.70. The van der Waals surface area contributed by atoms with Crippen LogP contribution in [0.15, 0.2) is 36.7 Å². The summed E-state index contributed by atoms with van der Waals surface area (Å²) in [5.41, 5.74) is 0.262. The van der Waals surface area contributed by atoms with Crippen LogP contribution in [-0.4, -0.2) is 40.6 Å². The van der Waals surface area contributed by atoms with Crippen molar-refractivity contribution in [1.29, 1.82) is 0 Å². The van der Waals surface area contributed by atoms with E-state index >= 15 is 0 Å². The Balaban J connectivity index is 2.10. The van der Waals surface area contributed by atoms with Crippen molar-refractivity contribution in [3.8, 4) is 5.82 Å². The number of ether oxygens (including phenoxy) is 2. The predicted molar refractivity (Wildman–Crippen MR) is 81.9 cm³/mol. The molecule has 6 nitrogen and oxygen atoms in total. The molecule has 0 N–H and O–H groups in total. The first-order valence-corrected chi connectivity index (χ1v) is 7.27. The van der Waals surface area contributed by atoms with E-state index in [4.69, 9.17) is 9.47 Å². The van der Waals surface area contributed by atoms with Crippen LogP contribution in [0, 0.1) is 5.92 Å². The van der Waals surface area contributed by atoms with Crippen LogP contribution in [0.1, 0.15) is 30.8 Å². The van der Waals surface area contributed by atoms with E-state index in [2.05, 4.69) is 23.9 Å². The van der Waals surface area contributed by atoms with Gasteiger partial charge in [-0.25, -0.2) is 14.5 Å². The minimum Gasteiger partial charge on any atom is -0.455 e. The van der Waals surface area contributed by atoms with Crippen LogP contribution in [0.3, 0.4) is 0 Å². The summed E-state index contributed by atoms with van der Waals surface area (Å²) in [6.45, 7) is 4.53. The van der Waals surface area contributed by atoms with Gasteiger partial charge in [-0.05, 0) is 30.5 Å². The van der Waals surface area contributed by atoms with E-state index in [1.807, 2.05) is 0 Å². The van der Waals surface area contributed by atoms with Crippen LogP contribution < -0.4 is 0 Å². The number of nitrogens with zero attached hydrogens (tertiary/aromatic N) is 3. The van der Waals surface area contributed by atoms with Crippen LogP contribution >= 0.6 is 0 Å². The SMILES string of the molecule is COC[C@H](CC(C)C)OC(=O)c1cccc(-n2cccn2)n1. The molecule has 0 radical (unpaired) electrons. The van der Waals surface area contributed by atoms with E-state index in [0.29, 0.717) is 18.3 Å². The van der Waals surface area contributed by atoms with Gasteiger partial charge in [0.05, 0.1) is 6.61 Å². The van der Waals surface area contributed by atoms with Gasteiger partial charge >= 0.3 is 5.97 Å². The lowest BCUT2D eigenvalue weighted by atomic mass is 10.1. The van der Waals surface area contributed by atoms with Gasteiger partial charge in [-0.15, -0.1) is 0 Å². The summed E-state index contributed by atoms with van der Waals surface area (Å²) in [6.07, 6.45) is 3.90. The van der Waals surface area contributed by atoms with E-state index in [1.165, 1.54) is 0 Å². The van der Waals surface area contributed by atoms with Crippen LogP contribution in [0.5, 0.6) is 0 Å². The number of hydrogen-bond donors (Lipinski definition) is 0. The minimum atomic E-state index is -0.447. The van der Waals surface area contributed by atoms with Crippen molar-refractivity contribution in [3.63, 3.8) is 0 Å². The average Bonchev–Trinajstić information content (AvgIpc) is 3.01. The highest BCUT2D eigenvalue weighted by Gasteiger charge is 2.18. The number of hydrogen-bond acceptors (Lipinski definition) is 5. The molecule has 0 aromatic carbocycles. The Labute approximate surface area is 130 Å². The van der Waals surface area contributed by atoms with E-state index in [-0.39, 0.29) is 11.8 Å². The lowest BCUT2D eigenvalue weighted by molar-refractivity contribution is -0.00122. The summed E-state index contributed by atoms with van der Waals surface area (Å²) < 4.78 is 12.2. The Morgan fingerprint density at radius 3 is 2.77 bits per heavy atom. The van der Waals surface area contributed by atoms with Crippen molar-refractivity contribution in [2.24, 2.45) is 5.92 Å². The molecular formula is C16H21N3O3.